The first-order valence-corrected chi connectivity index (χ1v) is 7.31. The molecule has 0 bridgehead atoms. The second kappa shape index (κ2) is 6.57. The molecule has 0 atom stereocenters. The summed E-state index contributed by atoms with van der Waals surface area (Å²) < 4.78 is 0. The summed E-state index contributed by atoms with van der Waals surface area (Å²) in [5.41, 5.74) is 2.50. The van der Waals surface area contributed by atoms with Crippen molar-refractivity contribution in [1.29, 1.82) is 0 Å². The van der Waals surface area contributed by atoms with Crippen LogP contribution in [0.3, 0.4) is 0 Å². The van der Waals surface area contributed by atoms with Crippen LogP contribution in [0.5, 0.6) is 0 Å². The van der Waals surface area contributed by atoms with Gasteiger partial charge in [0.15, 0.2) is 5.78 Å². The van der Waals surface area contributed by atoms with Crippen molar-refractivity contribution in [3.63, 3.8) is 0 Å². The fourth-order valence-corrected chi connectivity index (χ4v) is 2.73. The standard InChI is InChI=1S/C19H22O/c1-19(2)14-17(13-18(20)15-19)12-8-4-7-11-16-9-5-3-6-10-16/h3,5-6,9-10,13H,4,8,12,14-15H2,1-2H3. The number of benzene rings is 1. The van der Waals surface area contributed by atoms with Crippen molar-refractivity contribution in [1.82, 2.24) is 0 Å². The quantitative estimate of drug-likeness (QED) is 0.580. The van der Waals surface area contributed by atoms with E-state index in [-0.39, 0.29) is 11.2 Å². The highest BCUT2D eigenvalue weighted by atomic mass is 16.1. The molecule has 20 heavy (non-hydrogen) atoms. The third-order valence-electron chi connectivity index (χ3n) is 3.53. The van der Waals surface area contributed by atoms with Crippen LogP contribution in [0.2, 0.25) is 0 Å². The highest BCUT2D eigenvalue weighted by molar-refractivity contribution is 5.91. The van der Waals surface area contributed by atoms with Gasteiger partial charge in [-0.3, -0.25) is 4.79 Å². The summed E-state index contributed by atoms with van der Waals surface area (Å²) in [7, 11) is 0. The summed E-state index contributed by atoms with van der Waals surface area (Å²) in [5.74, 6) is 6.67. The lowest BCUT2D eigenvalue weighted by Gasteiger charge is -2.28. The smallest absolute Gasteiger partial charge is 0.156 e. The zero-order valence-corrected chi connectivity index (χ0v) is 12.4. The number of ketones is 1. The van der Waals surface area contributed by atoms with E-state index in [0.717, 1.165) is 31.2 Å². The number of carbonyl (C=O) groups is 1. The maximum atomic E-state index is 11.7. The molecule has 0 saturated carbocycles. The monoisotopic (exact) mass is 266 g/mol. The second-order valence-corrected chi connectivity index (χ2v) is 6.31. The zero-order chi connectivity index (χ0) is 14.4. The molecule has 1 aliphatic carbocycles. The van der Waals surface area contributed by atoms with Crippen molar-refractivity contribution >= 4 is 5.78 Å². The van der Waals surface area contributed by atoms with Crippen LogP contribution < -0.4 is 0 Å². The van der Waals surface area contributed by atoms with Gasteiger partial charge in [-0.2, -0.15) is 0 Å². The molecule has 0 aromatic heterocycles. The van der Waals surface area contributed by atoms with Gasteiger partial charge in [-0.15, -0.1) is 0 Å². The Morgan fingerprint density at radius 2 is 1.90 bits per heavy atom. The SMILES string of the molecule is CC1(C)CC(=O)C=C(CCCC#Cc2ccccc2)C1. The third kappa shape index (κ3) is 4.70. The van der Waals surface area contributed by atoms with E-state index in [0.29, 0.717) is 6.42 Å². The van der Waals surface area contributed by atoms with Crippen LogP contribution in [0.15, 0.2) is 42.0 Å². The summed E-state index contributed by atoms with van der Waals surface area (Å²) in [6.07, 6.45) is 6.51. The lowest BCUT2D eigenvalue weighted by atomic mass is 9.76. The number of allylic oxidation sites excluding steroid dienone is 2. The molecule has 0 fully saturated rings. The van der Waals surface area contributed by atoms with Gasteiger partial charge in [-0.1, -0.05) is 49.5 Å². The van der Waals surface area contributed by atoms with Crippen molar-refractivity contribution in [2.75, 3.05) is 0 Å². The molecular formula is C19H22O. The third-order valence-corrected chi connectivity index (χ3v) is 3.53. The van der Waals surface area contributed by atoms with Crippen LogP contribution >= 0.6 is 0 Å². The first-order chi connectivity index (χ1) is 9.55. The molecule has 1 aliphatic rings. The van der Waals surface area contributed by atoms with Gasteiger partial charge < -0.3 is 0 Å². The lowest BCUT2D eigenvalue weighted by molar-refractivity contribution is -0.117. The molecular weight excluding hydrogens is 244 g/mol. The average Bonchev–Trinajstić information content (AvgIpc) is 2.37. The van der Waals surface area contributed by atoms with Crippen molar-refractivity contribution in [3.8, 4) is 11.8 Å². The number of unbranched alkanes of at least 4 members (excludes halogenated alkanes) is 1. The van der Waals surface area contributed by atoms with Gasteiger partial charge in [-0.05, 0) is 42.9 Å². The molecule has 2 rings (SSSR count). The maximum absolute atomic E-state index is 11.7. The molecule has 104 valence electrons. The number of hydrogen-bond acceptors (Lipinski definition) is 1. The highest BCUT2D eigenvalue weighted by Crippen LogP contribution is 2.35. The molecule has 1 nitrogen and oxygen atoms in total. The van der Waals surface area contributed by atoms with E-state index in [1.807, 2.05) is 36.4 Å². The van der Waals surface area contributed by atoms with E-state index in [9.17, 15) is 4.79 Å². The Morgan fingerprint density at radius 3 is 2.60 bits per heavy atom. The fraction of sp³-hybridized carbons (Fsp3) is 0.421. The molecule has 0 N–H and O–H groups in total. The average molecular weight is 266 g/mol. The molecule has 0 aliphatic heterocycles. The van der Waals surface area contributed by atoms with E-state index in [1.165, 1.54) is 5.57 Å². The predicted molar refractivity (Wildman–Crippen MR) is 83.3 cm³/mol. The Labute approximate surface area is 122 Å². The normalized spacial score (nSPS) is 17.1. The summed E-state index contributed by atoms with van der Waals surface area (Å²) in [6, 6.07) is 10.1. The van der Waals surface area contributed by atoms with Gasteiger partial charge in [0, 0.05) is 18.4 Å². The maximum Gasteiger partial charge on any atom is 0.156 e. The molecule has 0 amide bonds. The number of carbonyl (C=O) groups excluding carboxylic acids is 1. The molecule has 0 spiro atoms. The van der Waals surface area contributed by atoms with Gasteiger partial charge in [-0.25, -0.2) is 0 Å². The number of rotatable bonds is 3. The molecule has 0 unspecified atom stereocenters. The molecule has 0 radical (unpaired) electrons. The Kier molecular flexibility index (Phi) is 4.79. The van der Waals surface area contributed by atoms with E-state index in [4.69, 9.17) is 0 Å². The summed E-state index contributed by atoms with van der Waals surface area (Å²) >= 11 is 0. The molecule has 1 aromatic carbocycles. The fourth-order valence-electron chi connectivity index (χ4n) is 2.73. The van der Waals surface area contributed by atoms with Crippen molar-refractivity contribution < 1.29 is 4.79 Å². The minimum Gasteiger partial charge on any atom is -0.295 e. The van der Waals surface area contributed by atoms with Crippen LogP contribution in [0, 0.1) is 17.3 Å². The van der Waals surface area contributed by atoms with Gasteiger partial charge in [0.25, 0.3) is 0 Å². The summed E-state index contributed by atoms with van der Waals surface area (Å²) in [4.78, 5) is 11.7. The Morgan fingerprint density at radius 1 is 1.15 bits per heavy atom. The first kappa shape index (κ1) is 14.6. The van der Waals surface area contributed by atoms with Gasteiger partial charge in [0.2, 0.25) is 0 Å². The predicted octanol–water partition coefficient (Wildman–Crippen LogP) is 4.52. The van der Waals surface area contributed by atoms with Crippen molar-refractivity contribution in [2.45, 2.75) is 46.0 Å². The van der Waals surface area contributed by atoms with Crippen LogP contribution in [-0.4, -0.2) is 5.78 Å². The lowest BCUT2D eigenvalue weighted by Crippen LogP contribution is -2.21. The highest BCUT2D eigenvalue weighted by Gasteiger charge is 2.26. The van der Waals surface area contributed by atoms with Crippen LogP contribution in [0.1, 0.15) is 51.5 Å². The topological polar surface area (TPSA) is 17.1 Å². The summed E-state index contributed by atoms with van der Waals surface area (Å²) in [6.45, 7) is 4.35. The molecule has 1 aromatic rings. The largest absolute Gasteiger partial charge is 0.295 e. The summed E-state index contributed by atoms with van der Waals surface area (Å²) in [5, 5.41) is 0. The van der Waals surface area contributed by atoms with Gasteiger partial charge in [0.05, 0.1) is 0 Å². The van der Waals surface area contributed by atoms with Crippen LogP contribution in [-0.2, 0) is 4.79 Å². The minimum atomic E-state index is 0.136. The Balaban J connectivity index is 1.79. The van der Waals surface area contributed by atoms with E-state index < -0.39 is 0 Å². The molecule has 1 heteroatoms. The van der Waals surface area contributed by atoms with Gasteiger partial charge in [0.1, 0.15) is 0 Å². The molecule has 0 heterocycles. The Hall–Kier alpha value is -1.81. The van der Waals surface area contributed by atoms with E-state index in [1.54, 1.807) is 0 Å². The Bertz CT molecular complexity index is 552. The minimum absolute atomic E-state index is 0.136. The van der Waals surface area contributed by atoms with Gasteiger partial charge >= 0.3 is 0 Å². The van der Waals surface area contributed by atoms with Crippen LogP contribution in [0.4, 0.5) is 0 Å². The van der Waals surface area contributed by atoms with Crippen molar-refractivity contribution in [3.05, 3.63) is 47.5 Å². The van der Waals surface area contributed by atoms with Crippen LogP contribution in [0.25, 0.3) is 0 Å². The first-order valence-electron chi connectivity index (χ1n) is 7.31. The second-order valence-electron chi connectivity index (χ2n) is 6.31. The zero-order valence-electron chi connectivity index (χ0n) is 12.4. The van der Waals surface area contributed by atoms with E-state index >= 15 is 0 Å². The number of hydrogen-bond donors (Lipinski definition) is 0. The molecule has 0 saturated heterocycles. The van der Waals surface area contributed by atoms with E-state index in [2.05, 4.69) is 25.7 Å². The van der Waals surface area contributed by atoms with Crippen molar-refractivity contribution in [2.24, 2.45) is 5.41 Å².